The predicted octanol–water partition coefficient (Wildman–Crippen LogP) is 1.60. The molecule has 0 radical (unpaired) electrons. The molecule has 9 heteroatoms. The summed E-state index contributed by atoms with van der Waals surface area (Å²) in [4.78, 5) is 34.9. The Hall–Kier alpha value is -2.94. The van der Waals surface area contributed by atoms with E-state index in [1.54, 1.807) is 17.8 Å². The summed E-state index contributed by atoms with van der Waals surface area (Å²) in [7, 11) is 1.60. The molecule has 1 saturated carbocycles. The van der Waals surface area contributed by atoms with Crippen LogP contribution in [0.1, 0.15) is 43.4 Å². The summed E-state index contributed by atoms with van der Waals surface area (Å²) in [5.41, 5.74) is 1.57. The van der Waals surface area contributed by atoms with Gasteiger partial charge in [0.25, 0.3) is 11.6 Å². The zero-order chi connectivity index (χ0) is 22.0. The second-order valence-electron chi connectivity index (χ2n) is 8.30. The highest BCUT2D eigenvalue weighted by Crippen LogP contribution is 2.26. The molecular weight excluding hydrogens is 398 g/mol. The summed E-state index contributed by atoms with van der Waals surface area (Å²) in [6.45, 7) is 2.87. The molecule has 0 atom stereocenters. The molecule has 1 aliphatic rings. The number of fused-ring (bicyclic) bond motifs is 1. The van der Waals surface area contributed by atoms with Gasteiger partial charge in [-0.1, -0.05) is 18.9 Å². The first-order valence-corrected chi connectivity index (χ1v) is 10.8. The molecule has 1 fully saturated rings. The van der Waals surface area contributed by atoms with Crippen LogP contribution < -0.4 is 16.0 Å². The van der Waals surface area contributed by atoms with Gasteiger partial charge in [-0.05, 0) is 43.7 Å². The van der Waals surface area contributed by atoms with Crippen molar-refractivity contribution < 1.29 is 9.84 Å². The van der Waals surface area contributed by atoms with Crippen LogP contribution in [0.3, 0.4) is 0 Å². The van der Waals surface area contributed by atoms with Gasteiger partial charge in [0, 0.05) is 32.1 Å². The van der Waals surface area contributed by atoms with Crippen molar-refractivity contribution in [3.8, 4) is 6.01 Å². The third-order valence-corrected chi connectivity index (χ3v) is 5.97. The van der Waals surface area contributed by atoms with E-state index in [1.165, 1.54) is 17.4 Å². The number of aliphatic hydroxyl groups excluding tert-OH is 1. The van der Waals surface area contributed by atoms with Crippen molar-refractivity contribution >= 4 is 11.2 Å². The van der Waals surface area contributed by atoms with Gasteiger partial charge in [-0.15, -0.1) is 0 Å². The Morgan fingerprint density at radius 1 is 1.19 bits per heavy atom. The van der Waals surface area contributed by atoms with Gasteiger partial charge >= 0.3 is 5.69 Å². The number of rotatable bonds is 8. The van der Waals surface area contributed by atoms with Crippen molar-refractivity contribution in [3.05, 3.63) is 50.4 Å². The van der Waals surface area contributed by atoms with Gasteiger partial charge in [-0.25, -0.2) is 4.79 Å². The van der Waals surface area contributed by atoms with Gasteiger partial charge in [-0.3, -0.25) is 23.5 Å². The number of pyridine rings is 1. The van der Waals surface area contributed by atoms with Crippen LogP contribution in [0, 0.1) is 12.8 Å². The maximum absolute atomic E-state index is 13.3. The molecule has 0 amide bonds. The maximum Gasteiger partial charge on any atom is 0.332 e. The molecule has 0 bridgehead atoms. The van der Waals surface area contributed by atoms with E-state index in [0.717, 1.165) is 28.7 Å². The smallest absolute Gasteiger partial charge is 0.332 e. The number of hydrogen-bond donors (Lipinski definition) is 1. The molecule has 0 aliphatic heterocycles. The first-order chi connectivity index (χ1) is 15.0. The van der Waals surface area contributed by atoms with E-state index in [2.05, 4.69) is 9.97 Å². The van der Waals surface area contributed by atoms with Crippen LogP contribution in [0.5, 0.6) is 6.01 Å². The van der Waals surface area contributed by atoms with Gasteiger partial charge in [0.15, 0.2) is 11.2 Å². The Kier molecular flexibility index (Phi) is 6.22. The molecule has 0 unspecified atom stereocenters. The third kappa shape index (κ3) is 4.27. The number of aromatic nitrogens is 5. The lowest BCUT2D eigenvalue weighted by Gasteiger charge is -2.13. The van der Waals surface area contributed by atoms with Crippen molar-refractivity contribution in [3.63, 3.8) is 0 Å². The van der Waals surface area contributed by atoms with Crippen LogP contribution in [0.25, 0.3) is 11.2 Å². The summed E-state index contributed by atoms with van der Waals surface area (Å²) < 4.78 is 10.4. The van der Waals surface area contributed by atoms with Crippen LogP contribution >= 0.6 is 0 Å². The summed E-state index contributed by atoms with van der Waals surface area (Å²) in [5.74, 6) is 0.485. The van der Waals surface area contributed by atoms with Gasteiger partial charge in [0.2, 0.25) is 0 Å². The second kappa shape index (κ2) is 9.05. The van der Waals surface area contributed by atoms with Crippen LogP contribution in [0.2, 0.25) is 0 Å². The van der Waals surface area contributed by atoms with E-state index in [1.807, 2.05) is 19.1 Å². The Morgan fingerprint density at radius 3 is 2.65 bits per heavy atom. The van der Waals surface area contributed by atoms with E-state index in [-0.39, 0.29) is 13.2 Å². The second-order valence-corrected chi connectivity index (χ2v) is 8.30. The largest absolute Gasteiger partial charge is 0.464 e. The van der Waals surface area contributed by atoms with Crippen LogP contribution in [-0.4, -0.2) is 42.0 Å². The Labute approximate surface area is 179 Å². The zero-order valence-corrected chi connectivity index (χ0v) is 18.1. The number of nitrogens with zero attached hydrogens (tertiary/aromatic N) is 5. The molecule has 1 N–H and O–H groups in total. The monoisotopic (exact) mass is 427 g/mol. The van der Waals surface area contributed by atoms with E-state index < -0.39 is 11.2 Å². The number of aryl methyl sites for hydroxylation is 2. The third-order valence-electron chi connectivity index (χ3n) is 5.97. The molecule has 0 aromatic carbocycles. The Morgan fingerprint density at radius 2 is 1.97 bits per heavy atom. The minimum atomic E-state index is -0.449. The number of aliphatic hydroxyl groups is 1. The average molecular weight is 428 g/mol. The zero-order valence-electron chi connectivity index (χ0n) is 18.1. The summed E-state index contributed by atoms with van der Waals surface area (Å²) in [6.07, 6.45) is 6.78. The van der Waals surface area contributed by atoms with Crippen LogP contribution in [0.15, 0.2) is 27.9 Å². The molecular formula is C22H29N5O4. The van der Waals surface area contributed by atoms with Crippen molar-refractivity contribution in [2.24, 2.45) is 13.0 Å². The fourth-order valence-electron chi connectivity index (χ4n) is 4.18. The minimum Gasteiger partial charge on any atom is -0.464 e. The number of hydrogen-bond acceptors (Lipinski definition) is 6. The number of imidazole rings is 1. The van der Waals surface area contributed by atoms with Gasteiger partial charge in [-0.2, -0.15) is 4.98 Å². The van der Waals surface area contributed by atoms with Crippen LogP contribution in [-0.2, 0) is 20.1 Å². The first kappa shape index (κ1) is 21.3. The Balaban J connectivity index is 1.82. The normalized spacial score (nSPS) is 14.5. The highest BCUT2D eigenvalue weighted by atomic mass is 16.5. The fraction of sp³-hybridized carbons (Fsp3) is 0.545. The molecule has 3 heterocycles. The lowest BCUT2D eigenvalue weighted by atomic mass is 10.1. The molecule has 166 valence electrons. The molecule has 3 aromatic heterocycles. The predicted molar refractivity (Wildman–Crippen MR) is 116 cm³/mol. The maximum atomic E-state index is 13.3. The fourth-order valence-corrected chi connectivity index (χ4v) is 4.18. The van der Waals surface area contributed by atoms with Crippen molar-refractivity contribution in [2.75, 3.05) is 13.2 Å². The van der Waals surface area contributed by atoms with E-state index in [9.17, 15) is 14.7 Å². The van der Waals surface area contributed by atoms with Gasteiger partial charge < -0.3 is 9.84 Å². The molecule has 0 saturated heterocycles. The van der Waals surface area contributed by atoms with E-state index >= 15 is 0 Å². The molecule has 31 heavy (non-hydrogen) atoms. The molecule has 1 aliphatic carbocycles. The lowest BCUT2D eigenvalue weighted by Crippen LogP contribution is -2.39. The minimum absolute atomic E-state index is 0.0995. The lowest BCUT2D eigenvalue weighted by molar-refractivity contribution is 0.227. The Bertz CT molecular complexity index is 1170. The number of ether oxygens (including phenoxy) is 1. The van der Waals surface area contributed by atoms with Crippen molar-refractivity contribution in [1.82, 2.24) is 23.7 Å². The highest BCUT2D eigenvalue weighted by molar-refractivity contribution is 5.72. The topological polar surface area (TPSA) is 104 Å². The standard InChI is InChI=1S/C22H29N5O4/c1-15-8-9-17(12-23-15)13-27-18-19(24-21(27)31-14-16-6-3-4-7-16)25(2)22(30)26(20(18)29)10-5-11-28/h8-9,12,16,28H,3-7,10-11,13-14H2,1-2H3. The molecule has 0 spiro atoms. The quantitative estimate of drug-likeness (QED) is 0.586. The first-order valence-electron chi connectivity index (χ1n) is 10.8. The highest BCUT2D eigenvalue weighted by Gasteiger charge is 2.23. The summed E-state index contributed by atoms with van der Waals surface area (Å²) in [6, 6.07) is 4.22. The molecule has 4 rings (SSSR count). The van der Waals surface area contributed by atoms with Gasteiger partial charge in [0.05, 0.1) is 13.2 Å². The average Bonchev–Trinajstić information content (AvgIpc) is 3.40. The van der Waals surface area contributed by atoms with Crippen molar-refractivity contribution in [2.45, 2.75) is 52.1 Å². The van der Waals surface area contributed by atoms with Crippen molar-refractivity contribution in [1.29, 1.82) is 0 Å². The molecule has 9 nitrogen and oxygen atoms in total. The van der Waals surface area contributed by atoms with E-state index in [0.29, 0.717) is 42.7 Å². The summed E-state index contributed by atoms with van der Waals surface area (Å²) >= 11 is 0. The summed E-state index contributed by atoms with van der Waals surface area (Å²) in [5, 5.41) is 9.17. The van der Waals surface area contributed by atoms with Crippen LogP contribution in [0.4, 0.5) is 0 Å². The SMILES string of the molecule is Cc1ccc(Cn2c(OCC3CCCC3)nc3c2c(=O)n(CCCO)c(=O)n3C)cn1. The van der Waals surface area contributed by atoms with E-state index in [4.69, 9.17) is 4.74 Å². The molecule has 3 aromatic rings. The van der Waals surface area contributed by atoms with Gasteiger partial charge in [0.1, 0.15) is 0 Å².